The maximum Gasteiger partial charge on any atom is 0.236 e. The highest BCUT2D eigenvalue weighted by molar-refractivity contribution is 7.99. The predicted octanol–water partition coefficient (Wildman–Crippen LogP) is 4.56. The number of hydrogen-bond donors (Lipinski definition) is 1. The molecule has 0 aliphatic carbocycles. The summed E-state index contributed by atoms with van der Waals surface area (Å²) in [6, 6.07) is 18.2. The molecule has 0 aliphatic rings. The van der Waals surface area contributed by atoms with Gasteiger partial charge in [0.1, 0.15) is 0 Å². The number of rotatable bonds is 8. The number of carbonyl (C=O) groups is 1. The summed E-state index contributed by atoms with van der Waals surface area (Å²) in [6.07, 6.45) is 2.62. The molecular formula is C22H22N6OS2. The number of aromatic nitrogens is 5. The van der Waals surface area contributed by atoms with Crippen LogP contribution in [-0.4, -0.2) is 36.9 Å². The van der Waals surface area contributed by atoms with Crippen molar-refractivity contribution in [2.24, 2.45) is 0 Å². The van der Waals surface area contributed by atoms with E-state index < -0.39 is 0 Å². The molecule has 0 fully saturated rings. The fraction of sp³-hybridized carbons (Fsp3) is 0.227. The molecule has 2 aromatic heterocycles. The molecule has 1 N–H and O–H groups in total. The highest BCUT2D eigenvalue weighted by atomic mass is 32.2. The first-order valence-electron chi connectivity index (χ1n) is 9.88. The highest BCUT2D eigenvalue weighted by Gasteiger charge is 2.13. The third-order valence-corrected chi connectivity index (χ3v) is 6.43. The predicted molar refractivity (Wildman–Crippen MR) is 124 cm³/mol. The summed E-state index contributed by atoms with van der Waals surface area (Å²) in [5, 5.41) is 15.8. The SMILES string of the molecule is CC(C)c1ccc(Cc2cnc(NC(=O)CSc3nnnn3-c3ccccc3)s2)cc1. The van der Waals surface area contributed by atoms with Crippen LogP contribution in [-0.2, 0) is 11.2 Å². The van der Waals surface area contributed by atoms with Gasteiger partial charge in [-0.25, -0.2) is 4.98 Å². The van der Waals surface area contributed by atoms with Crippen LogP contribution in [0, 0.1) is 0 Å². The first-order valence-corrected chi connectivity index (χ1v) is 11.7. The monoisotopic (exact) mass is 450 g/mol. The highest BCUT2D eigenvalue weighted by Crippen LogP contribution is 2.23. The van der Waals surface area contributed by atoms with Crippen LogP contribution in [0.25, 0.3) is 5.69 Å². The van der Waals surface area contributed by atoms with Crippen LogP contribution in [0.2, 0.25) is 0 Å². The number of amides is 1. The van der Waals surface area contributed by atoms with E-state index in [1.807, 2.05) is 36.5 Å². The minimum atomic E-state index is -0.144. The van der Waals surface area contributed by atoms with Gasteiger partial charge in [-0.3, -0.25) is 4.79 Å². The first kappa shape index (κ1) is 21.2. The zero-order valence-electron chi connectivity index (χ0n) is 17.2. The number of tetrazole rings is 1. The van der Waals surface area contributed by atoms with Gasteiger partial charge in [0, 0.05) is 17.5 Å². The Kier molecular flexibility index (Phi) is 6.73. The lowest BCUT2D eigenvalue weighted by molar-refractivity contribution is -0.113. The van der Waals surface area contributed by atoms with E-state index in [-0.39, 0.29) is 11.7 Å². The Morgan fingerprint density at radius 2 is 1.90 bits per heavy atom. The quantitative estimate of drug-likeness (QED) is 0.396. The maximum absolute atomic E-state index is 12.4. The van der Waals surface area contributed by atoms with E-state index in [1.54, 1.807) is 4.68 Å². The fourth-order valence-electron chi connectivity index (χ4n) is 2.95. The molecule has 4 rings (SSSR count). The third kappa shape index (κ3) is 5.56. The van der Waals surface area contributed by atoms with E-state index in [2.05, 4.69) is 63.9 Å². The Balaban J connectivity index is 1.31. The van der Waals surface area contributed by atoms with Crippen molar-refractivity contribution in [1.29, 1.82) is 0 Å². The van der Waals surface area contributed by atoms with Gasteiger partial charge in [0.15, 0.2) is 5.13 Å². The van der Waals surface area contributed by atoms with Gasteiger partial charge in [0.2, 0.25) is 11.1 Å². The van der Waals surface area contributed by atoms with Crippen LogP contribution >= 0.6 is 23.1 Å². The topological polar surface area (TPSA) is 85.6 Å². The van der Waals surface area contributed by atoms with Gasteiger partial charge < -0.3 is 5.32 Å². The Morgan fingerprint density at radius 3 is 2.65 bits per heavy atom. The van der Waals surface area contributed by atoms with Crippen molar-refractivity contribution in [1.82, 2.24) is 25.2 Å². The molecule has 1 amide bonds. The van der Waals surface area contributed by atoms with Crippen molar-refractivity contribution in [2.75, 3.05) is 11.1 Å². The Hall–Kier alpha value is -3.04. The van der Waals surface area contributed by atoms with Gasteiger partial charge >= 0.3 is 0 Å². The molecule has 0 bridgehead atoms. The Bertz CT molecular complexity index is 1140. The number of carbonyl (C=O) groups excluding carboxylic acids is 1. The van der Waals surface area contributed by atoms with Crippen LogP contribution in [0.5, 0.6) is 0 Å². The molecule has 2 aromatic carbocycles. The van der Waals surface area contributed by atoms with Crippen molar-refractivity contribution in [3.8, 4) is 5.69 Å². The lowest BCUT2D eigenvalue weighted by Crippen LogP contribution is -2.14. The number of para-hydroxylation sites is 1. The molecule has 0 saturated carbocycles. The number of thioether (sulfide) groups is 1. The first-order chi connectivity index (χ1) is 15.1. The van der Waals surface area contributed by atoms with Crippen LogP contribution in [0.4, 0.5) is 5.13 Å². The molecule has 0 atom stereocenters. The molecule has 2 heterocycles. The zero-order chi connectivity index (χ0) is 21.6. The van der Waals surface area contributed by atoms with Crippen LogP contribution in [0.1, 0.15) is 35.8 Å². The minimum absolute atomic E-state index is 0.144. The molecule has 0 radical (unpaired) electrons. The fourth-order valence-corrected chi connectivity index (χ4v) is 4.51. The average molecular weight is 451 g/mol. The number of anilines is 1. The molecule has 9 heteroatoms. The largest absolute Gasteiger partial charge is 0.301 e. The standard InChI is InChI=1S/C22H22N6OS2/c1-15(2)17-10-8-16(9-11-17)12-19-13-23-21(31-19)24-20(29)14-30-22-25-26-27-28(22)18-6-4-3-5-7-18/h3-11,13,15H,12,14H2,1-2H3,(H,23,24,29). The summed E-state index contributed by atoms with van der Waals surface area (Å²) < 4.78 is 1.62. The molecular weight excluding hydrogens is 428 g/mol. The number of benzene rings is 2. The summed E-state index contributed by atoms with van der Waals surface area (Å²) in [5.74, 6) is 0.572. The maximum atomic E-state index is 12.4. The van der Waals surface area contributed by atoms with Crippen molar-refractivity contribution in [3.05, 3.63) is 76.8 Å². The van der Waals surface area contributed by atoms with E-state index in [0.717, 1.165) is 17.0 Å². The van der Waals surface area contributed by atoms with Crippen LogP contribution in [0.3, 0.4) is 0 Å². The Labute approximate surface area is 188 Å². The van der Waals surface area contributed by atoms with Crippen molar-refractivity contribution in [2.45, 2.75) is 31.3 Å². The van der Waals surface area contributed by atoms with E-state index in [4.69, 9.17) is 0 Å². The summed E-state index contributed by atoms with van der Waals surface area (Å²) in [5.41, 5.74) is 3.41. The molecule has 0 aliphatic heterocycles. The molecule has 7 nitrogen and oxygen atoms in total. The Morgan fingerprint density at radius 1 is 1.13 bits per heavy atom. The van der Waals surface area contributed by atoms with Crippen molar-refractivity contribution >= 4 is 34.1 Å². The van der Waals surface area contributed by atoms with Gasteiger partial charge in [-0.15, -0.1) is 16.4 Å². The lowest BCUT2D eigenvalue weighted by Gasteiger charge is -2.06. The van der Waals surface area contributed by atoms with Gasteiger partial charge in [0.25, 0.3) is 0 Å². The third-order valence-electron chi connectivity index (χ3n) is 4.60. The number of nitrogens with zero attached hydrogens (tertiary/aromatic N) is 5. The average Bonchev–Trinajstić information content (AvgIpc) is 3.42. The minimum Gasteiger partial charge on any atom is -0.301 e. The van der Waals surface area contributed by atoms with E-state index >= 15 is 0 Å². The van der Waals surface area contributed by atoms with Gasteiger partial charge in [-0.05, 0) is 39.6 Å². The second-order valence-electron chi connectivity index (χ2n) is 7.25. The van der Waals surface area contributed by atoms with Gasteiger partial charge in [0.05, 0.1) is 11.4 Å². The van der Waals surface area contributed by atoms with E-state index in [1.165, 1.54) is 34.2 Å². The van der Waals surface area contributed by atoms with Crippen LogP contribution in [0.15, 0.2) is 66.0 Å². The molecule has 31 heavy (non-hydrogen) atoms. The molecule has 158 valence electrons. The van der Waals surface area contributed by atoms with Gasteiger partial charge in [-0.2, -0.15) is 4.68 Å². The van der Waals surface area contributed by atoms with Gasteiger partial charge in [-0.1, -0.05) is 68.1 Å². The smallest absolute Gasteiger partial charge is 0.236 e. The molecule has 4 aromatic rings. The van der Waals surface area contributed by atoms with Crippen LogP contribution < -0.4 is 5.32 Å². The molecule has 0 unspecified atom stereocenters. The van der Waals surface area contributed by atoms with Crippen molar-refractivity contribution < 1.29 is 4.79 Å². The van der Waals surface area contributed by atoms with E-state index in [9.17, 15) is 4.79 Å². The lowest BCUT2D eigenvalue weighted by atomic mass is 10.0. The summed E-state index contributed by atoms with van der Waals surface area (Å²) in [7, 11) is 0. The summed E-state index contributed by atoms with van der Waals surface area (Å²) in [6.45, 7) is 4.38. The molecule has 0 spiro atoms. The zero-order valence-corrected chi connectivity index (χ0v) is 18.9. The number of nitrogens with one attached hydrogen (secondary N) is 1. The molecule has 0 saturated heterocycles. The normalized spacial score (nSPS) is 11.1. The summed E-state index contributed by atoms with van der Waals surface area (Å²) in [4.78, 5) is 17.8. The second kappa shape index (κ2) is 9.84. The number of hydrogen-bond acceptors (Lipinski definition) is 7. The second-order valence-corrected chi connectivity index (χ2v) is 9.31. The van der Waals surface area contributed by atoms with E-state index in [0.29, 0.717) is 16.2 Å². The summed E-state index contributed by atoms with van der Waals surface area (Å²) >= 11 is 2.77. The number of thiazole rings is 1. The van der Waals surface area contributed by atoms with Crippen molar-refractivity contribution in [3.63, 3.8) is 0 Å².